The van der Waals surface area contributed by atoms with Crippen molar-refractivity contribution in [2.75, 3.05) is 23.8 Å². The molecule has 0 aromatic heterocycles. The summed E-state index contributed by atoms with van der Waals surface area (Å²) in [5, 5.41) is 0. The van der Waals surface area contributed by atoms with Crippen molar-refractivity contribution in [1.82, 2.24) is 4.90 Å². The first kappa shape index (κ1) is 18.8. The third-order valence-electron chi connectivity index (χ3n) is 3.91. The van der Waals surface area contributed by atoms with E-state index >= 15 is 0 Å². The number of nitrogens with zero attached hydrogens (tertiary/aromatic N) is 1. The summed E-state index contributed by atoms with van der Waals surface area (Å²) in [6.07, 6.45) is 2.46. The fraction of sp³-hybridized carbons (Fsp3) is 0.562. The number of benzene rings is 1. The molecule has 1 aliphatic rings. The minimum atomic E-state index is -2.98. The second-order valence-electron chi connectivity index (χ2n) is 5.72. The second kappa shape index (κ2) is 8.53. The van der Waals surface area contributed by atoms with E-state index < -0.39 is 9.84 Å². The Hall–Kier alpha value is -0.530. The SMILES string of the molecule is CCCCN(C(=O)CSc1ccccc1Br)C1CCS(=O)(=O)C1. The van der Waals surface area contributed by atoms with Crippen molar-refractivity contribution in [2.45, 2.75) is 37.1 Å². The third kappa shape index (κ3) is 5.50. The van der Waals surface area contributed by atoms with Gasteiger partial charge in [0, 0.05) is 22.0 Å². The first-order valence-corrected chi connectivity index (χ1v) is 11.4. The van der Waals surface area contributed by atoms with Gasteiger partial charge >= 0.3 is 0 Å². The zero-order chi connectivity index (χ0) is 16.9. The summed E-state index contributed by atoms with van der Waals surface area (Å²) in [6.45, 7) is 2.72. The molecule has 0 spiro atoms. The van der Waals surface area contributed by atoms with E-state index in [1.54, 1.807) is 4.90 Å². The molecule has 1 amide bonds. The molecule has 1 aromatic carbocycles. The van der Waals surface area contributed by atoms with Crippen molar-refractivity contribution in [3.8, 4) is 0 Å². The van der Waals surface area contributed by atoms with E-state index in [9.17, 15) is 13.2 Å². The summed E-state index contributed by atoms with van der Waals surface area (Å²) in [7, 11) is -2.98. The van der Waals surface area contributed by atoms with Crippen LogP contribution in [0.25, 0.3) is 0 Å². The molecular weight excluding hydrogens is 398 g/mol. The van der Waals surface area contributed by atoms with E-state index in [0.29, 0.717) is 18.7 Å². The number of carbonyl (C=O) groups is 1. The minimum absolute atomic E-state index is 0.0290. The molecule has 1 atom stereocenters. The number of hydrogen-bond donors (Lipinski definition) is 0. The normalized spacial score (nSPS) is 19.7. The van der Waals surface area contributed by atoms with Gasteiger partial charge in [-0.3, -0.25) is 4.79 Å². The van der Waals surface area contributed by atoms with Gasteiger partial charge in [-0.25, -0.2) is 8.42 Å². The maximum absolute atomic E-state index is 12.6. The van der Waals surface area contributed by atoms with Gasteiger partial charge < -0.3 is 4.90 Å². The Morgan fingerprint density at radius 1 is 1.39 bits per heavy atom. The van der Waals surface area contributed by atoms with Gasteiger partial charge in [-0.15, -0.1) is 11.8 Å². The van der Waals surface area contributed by atoms with E-state index in [0.717, 1.165) is 22.2 Å². The standard InChI is InChI=1S/C16H22BrNO3S2/c1-2-3-9-18(13-8-10-23(20,21)12-13)16(19)11-22-15-7-5-4-6-14(15)17/h4-7,13H,2-3,8-12H2,1H3. The smallest absolute Gasteiger partial charge is 0.233 e. The maximum Gasteiger partial charge on any atom is 0.233 e. The number of sulfone groups is 1. The zero-order valence-corrected chi connectivity index (χ0v) is 16.4. The second-order valence-corrected chi connectivity index (χ2v) is 9.82. The van der Waals surface area contributed by atoms with Crippen LogP contribution < -0.4 is 0 Å². The Balaban J connectivity index is 2.00. The highest BCUT2D eigenvalue weighted by Gasteiger charge is 2.34. The Bertz CT molecular complexity index is 648. The molecule has 1 heterocycles. The Kier molecular flexibility index (Phi) is 6.98. The summed E-state index contributed by atoms with van der Waals surface area (Å²) in [4.78, 5) is 15.4. The molecule has 1 unspecified atom stereocenters. The zero-order valence-electron chi connectivity index (χ0n) is 13.2. The quantitative estimate of drug-likeness (QED) is 0.635. The molecule has 4 nitrogen and oxygen atoms in total. The van der Waals surface area contributed by atoms with Gasteiger partial charge in [0.2, 0.25) is 5.91 Å². The van der Waals surface area contributed by atoms with Crippen LogP contribution in [0.2, 0.25) is 0 Å². The van der Waals surface area contributed by atoms with E-state index in [4.69, 9.17) is 0 Å². The van der Waals surface area contributed by atoms with Crippen molar-refractivity contribution in [3.63, 3.8) is 0 Å². The molecular formula is C16H22BrNO3S2. The predicted molar refractivity (Wildman–Crippen MR) is 98.5 cm³/mol. The molecule has 2 rings (SSSR count). The molecule has 1 saturated heterocycles. The van der Waals surface area contributed by atoms with E-state index in [2.05, 4.69) is 22.9 Å². The Morgan fingerprint density at radius 2 is 2.13 bits per heavy atom. The number of halogens is 1. The van der Waals surface area contributed by atoms with Crippen LogP contribution in [0.15, 0.2) is 33.6 Å². The van der Waals surface area contributed by atoms with Crippen LogP contribution in [0, 0.1) is 0 Å². The summed E-state index contributed by atoms with van der Waals surface area (Å²) < 4.78 is 24.4. The van der Waals surface area contributed by atoms with Crippen LogP contribution in [0.5, 0.6) is 0 Å². The van der Waals surface area contributed by atoms with Crippen molar-refractivity contribution in [3.05, 3.63) is 28.7 Å². The highest BCUT2D eigenvalue weighted by Crippen LogP contribution is 2.28. The molecule has 0 bridgehead atoms. The minimum Gasteiger partial charge on any atom is -0.338 e. The van der Waals surface area contributed by atoms with Gasteiger partial charge in [0.25, 0.3) is 0 Å². The molecule has 7 heteroatoms. The highest BCUT2D eigenvalue weighted by atomic mass is 79.9. The molecule has 0 radical (unpaired) electrons. The fourth-order valence-corrected chi connectivity index (χ4v) is 5.83. The van der Waals surface area contributed by atoms with Crippen LogP contribution in [0.4, 0.5) is 0 Å². The third-order valence-corrected chi connectivity index (χ3v) is 7.67. The van der Waals surface area contributed by atoms with Crippen molar-refractivity contribution in [2.24, 2.45) is 0 Å². The van der Waals surface area contributed by atoms with Crippen LogP contribution in [0.1, 0.15) is 26.2 Å². The Morgan fingerprint density at radius 3 is 2.74 bits per heavy atom. The summed E-state index contributed by atoms with van der Waals surface area (Å²) in [6, 6.07) is 7.64. The molecule has 128 valence electrons. The highest BCUT2D eigenvalue weighted by molar-refractivity contribution is 9.10. The molecule has 1 aliphatic heterocycles. The average molecular weight is 420 g/mol. The lowest BCUT2D eigenvalue weighted by Gasteiger charge is -2.28. The average Bonchev–Trinajstić information content (AvgIpc) is 2.87. The Labute approximate surface area is 151 Å². The largest absolute Gasteiger partial charge is 0.338 e. The van der Waals surface area contributed by atoms with E-state index in [1.807, 2.05) is 24.3 Å². The lowest BCUT2D eigenvalue weighted by molar-refractivity contribution is -0.130. The number of hydrogen-bond acceptors (Lipinski definition) is 4. The summed E-state index contributed by atoms with van der Waals surface area (Å²) in [5.41, 5.74) is 0. The summed E-state index contributed by atoms with van der Waals surface area (Å²) >= 11 is 4.97. The van der Waals surface area contributed by atoms with Crippen molar-refractivity contribution < 1.29 is 13.2 Å². The van der Waals surface area contributed by atoms with Crippen molar-refractivity contribution >= 4 is 43.4 Å². The van der Waals surface area contributed by atoms with Gasteiger partial charge in [0.05, 0.1) is 17.3 Å². The van der Waals surface area contributed by atoms with Crippen LogP contribution in [-0.4, -0.2) is 49.1 Å². The molecule has 1 aromatic rings. The number of amides is 1. The molecule has 0 aliphatic carbocycles. The van der Waals surface area contributed by atoms with E-state index in [-0.39, 0.29) is 23.5 Å². The van der Waals surface area contributed by atoms with Crippen LogP contribution >= 0.6 is 27.7 Å². The number of carbonyl (C=O) groups excluding carboxylic acids is 1. The van der Waals surface area contributed by atoms with E-state index in [1.165, 1.54) is 11.8 Å². The lowest BCUT2D eigenvalue weighted by atomic mass is 10.2. The number of unbranched alkanes of at least 4 members (excludes halogenated alkanes) is 1. The number of rotatable bonds is 7. The van der Waals surface area contributed by atoms with Crippen LogP contribution in [-0.2, 0) is 14.6 Å². The number of thioether (sulfide) groups is 1. The van der Waals surface area contributed by atoms with Gasteiger partial charge in [-0.05, 0) is 40.9 Å². The molecule has 23 heavy (non-hydrogen) atoms. The first-order chi connectivity index (χ1) is 10.9. The van der Waals surface area contributed by atoms with Crippen LogP contribution in [0.3, 0.4) is 0 Å². The lowest BCUT2D eigenvalue weighted by Crippen LogP contribution is -2.42. The fourth-order valence-electron chi connectivity index (χ4n) is 2.64. The topological polar surface area (TPSA) is 54.5 Å². The van der Waals surface area contributed by atoms with Gasteiger partial charge in [0.1, 0.15) is 0 Å². The van der Waals surface area contributed by atoms with Crippen molar-refractivity contribution in [1.29, 1.82) is 0 Å². The predicted octanol–water partition coefficient (Wildman–Crippen LogP) is 3.36. The van der Waals surface area contributed by atoms with Gasteiger partial charge in [0.15, 0.2) is 9.84 Å². The van der Waals surface area contributed by atoms with Gasteiger partial charge in [-0.2, -0.15) is 0 Å². The first-order valence-electron chi connectivity index (χ1n) is 7.80. The molecule has 0 N–H and O–H groups in total. The molecule has 1 fully saturated rings. The molecule has 0 saturated carbocycles. The monoisotopic (exact) mass is 419 g/mol. The maximum atomic E-state index is 12.6. The summed E-state index contributed by atoms with van der Waals surface area (Å²) in [5.74, 6) is 0.678. The van der Waals surface area contributed by atoms with Gasteiger partial charge in [-0.1, -0.05) is 25.5 Å².